The fraction of sp³-hybridized carbons (Fsp3) is 0.214. The van der Waals surface area contributed by atoms with Crippen LogP contribution in [-0.4, -0.2) is 16.0 Å². The standard InChI is InChI=1S/C14H15ClN4O/c1-3-10-4-6-11(7-5-10)8-16-18-12-9-17-19(2)14(20)13(12)15/h4-9,18H,3H2,1-2H3/b16-8-. The second kappa shape index (κ2) is 6.34. The fourth-order valence-electron chi connectivity index (χ4n) is 1.60. The van der Waals surface area contributed by atoms with E-state index in [4.69, 9.17) is 11.6 Å². The first-order valence-corrected chi connectivity index (χ1v) is 6.59. The maximum Gasteiger partial charge on any atom is 0.287 e. The van der Waals surface area contributed by atoms with Gasteiger partial charge in [0.15, 0.2) is 0 Å². The number of nitrogens with one attached hydrogen (secondary N) is 1. The molecule has 0 saturated carbocycles. The third-order valence-corrected chi connectivity index (χ3v) is 3.23. The first-order valence-electron chi connectivity index (χ1n) is 6.21. The summed E-state index contributed by atoms with van der Waals surface area (Å²) in [6.07, 6.45) is 4.12. The van der Waals surface area contributed by atoms with Crippen LogP contribution in [0.3, 0.4) is 0 Å². The minimum Gasteiger partial charge on any atom is -0.275 e. The molecule has 1 heterocycles. The third-order valence-electron chi connectivity index (χ3n) is 2.86. The Kier molecular flexibility index (Phi) is 4.53. The molecule has 20 heavy (non-hydrogen) atoms. The summed E-state index contributed by atoms with van der Waals surface area (Å²) in [7, 11) is 1.54. The number of halogens is 1. The van der Waals surface area contributed by atoms with E-state index in [1.165, 1.54) is 23.5 Å². The van der Waals surface area contributed by atoms with Gasteiger partial charge in [-0.1, -0.05) is 42.8 Å². The summed E-state index contributed by atoms with van der Waals surface area (Å²) in [6.45, 7) is 2.11. The zero-order chi connectivity index (χ0) is 14.5. The van der Waals surface area contributed by atoms with E-state index >= 15 is 0 Å². The lowest BCUT2D eigenvalue weighted by atomic mass is 10.1. The first kappa shape index (κ1) is 14.3. The molecule has 1 aromatic carbocycles. The maximum atomic E-state index is 11.6. The topological polar surface area (TPSA) is 59.3 Å². The van der Waals surface area contributed by atoms with Gasteiger partial charge in [0.25, 0.3) is 5.56 Å². The molecule has 2 aromatic rings. The second-order valence-corrected chi connectivity index (χ2v) is 4.64. The van der Waals surface area contributed by atoms with Gasteiger partial charge in [-0.15, -0.1) is 0 Å². The van der Waals surface area contributed by atoms with E-state index in [9.17, 15) is 4.79 Å². The van der Waals surface area contributed by atoms with E-state index in [1.54, 1.807) is 6.21 Å². The number of hydrogen-bond donors (Lipinski definition) is 1. The van der Waals surface area contributed by atoms with E-state index in [-0.39, 0.29) is 10.6 Å². The van der Waals surface area contributed by atoms with Crippen LogP contribution in [0.4, 0.5) is 5.69 Å². The van der Waals surface area contributed by atoms with Crippen molar-refractivity contribution >= 4 is 23.5 Å². The van der Waals surface area contributed by atoms with Gasteiger partial charge in [-0.05, 0) is 17.5 Å². The molecule has 0 aliphatic rings. The summed E-state index contributed by atoms with van der Waals surface area (Å²) in [5.74, 6) is 0. The first-order chi connectivity index (χ1) is 9.61. The number of hydrogen-bond acceptors (Lipinski definition) is 4. The quantitative estimate of drug-likeness (QED) is 0.695. The molecule has 1 aromatic heterocycles. The van der Waals surface area contributed by atoms with Gasteiger partial charge in [0.1, 0.15) is 10.7 Å². The van der Waals surface area contributed by atoms with Crippen LogP contribution in [0.15, 0.2) is 40.4 Å². The van der Waals surface area contributed by atoms with Crippen LogP contribution in [0, 0.1) is 0 Å². The van der Waals surface area contributed by atoms with Crippen molar-refractivity contribution in [3.05, 3.63) is 57.0 Å². The van der Waals surface area contributed by atoms with Crippen LogP contribution in [0.2, 0.25) is 5.02 Å². The Balaban J connectivity index is 2.10. The molecule has 6 heteroatoms. The van der Waals surface area contributed by atoms with Crippen molar-refractivity contribution in [2.45, 2.75) is 13.3 Å². The SMILES string of the molecule is CCc1ccc(/C=N\Nc2cnn(C)c(=O)c2Cl)cc1. The monoisotopic (exact) mass is 290 g/mol. The molecule has 0 spiro atoms. The number of aryl methyl sites for hydroxylation is 2. The highest BCUT2D eigenvalue weighted by Gasteiger charge is 2.05. The molecule has 0 amide bonds. The Labute approximate surface area is 121 Å². The molecule has 0 fully saturated rings. The molecule has 5 nitrogen and oxygen atoms in total. The molecule has 0 unspecified atom stereocenters. The molecule has 104 valence electrons. The third kappa shape index (κ3) is 3.24. The van der Waals surface area contributed by atoms with E-state index in [2.05, 4.69) is 22.5 Å². The van der Waals surface area contributed by atoms with Crippen molar-refractivity contribution in [1.29, 1.82) is 0 Å². The molecule has 2 rings (SSSR count). The van der Waals surface area contributed by atoms with Gasteiger partial charge in [-0.2, -0.15) is 10.2 Å². The Morgan fingerprint density at radius 3 is 2.75 bits per heavy atom. The molecule has 0 bridgehead atoms. The fourth-order valence-corrected chi connectivity index (χ4v) is 1.82. The van der Waals surface area contributed by atoms with E-state index in [0.717, 1.165) is 12.0 Å². The van der Waals surface area contributed by atoms with Gasteiger partial charge in [-0.3, -0.25) is 10.2 Å². The lowest BCUT2D eigenvalue weighted by molar-refractivity contribution is 0.708. The molecule has 0 atom stereocenters. The number of rotatable bonds is 4. The van der Waals surface area contributed by atoms with Crippen LogP contribution >= 0.6 is 11.6 Å². The Morgan fingerprint density at radius 1 is 1.40 bits per heavy atom. The normalized spacial score (nSPS) is 10.9. The van der Waals surface area contributed by atoms with Crippen LogP contribution in [0.5, 0.6) is 0 Å². The summed E-state index contributed by atoms with van der Waals surface area (Å²) in [5.41, 5.74) is 4.98. The Morgan fingerprint density at radius 2 is 2.10 bits per heavy atom. The van der Waals surface area contributed by atoms with E-state index in [0.29, 0.717) is 5.69 Å². The van der Waals surface area contributed by atoms with Crippen molar-refractivity contribution in [2.75, 3.05) is 5.43 Å². The van der Waals surface area contributed by atoms with Gasteiger partial charge < -0.3 is 0 Å². The number of aromatic nitrogens is 2. The zero-order valence-electron chi connectivity index (χ0n) is 11.3. The molecule has 0 saturated heterocycles. The highest BCUT2D eigenvalue weighted by atomic mass is 35.5. The lowest BCUT2D eigenvalue weighted by Gasteiger charge is -2.03. The highest BCUT2D eigenvalue weighted by Crippen LogP contribution is 2.14. The van der Waals surface area contributed by atoms with Crippen molar-refractivity contribution in [3.63, 3.8) is 0 Å². The van der Waals surface area contributed by atoms with Gasteiger partial charge in [-0.25, -0.2) is 4.68 Å². The molecule has 1 N–H and O–H groups in total. The zero-order valence-corrected chi connectivity index (χ0v) is 12.1. The van der Waals surface area contributed by atoms with Crippen molar-refractivity contribution in [1.82, 2.24) is 9.78 Å². The van der Waals surface area contributed by atoms with E-state index < -0.39 is 0 Å². The maximum absolute atomic E-state index is 11.6. The van der Waals surface area contributed by atoms with Gasteiger partial charge >= 0.3 is 0 Å². The lowest BCUT2D eigenvalue weighted by Crippen LogP contribution is -2.20. The number of nitrogens with zero attached hydrogens (tertiary/aromatic N) is 3. The smallest absolute Gasteiger partial charge is 0.275 e. The van der Waals surface area contributed by atoms with Gasteiger partial charge in [0.05, 0.1) is 12.4 Å². The molecular weight excluding hydrogens is 276 g/mol. The van der Waals surface area contributed by atoms with Gasteiger partial charge in [0.2, 0.25) is 0 Å². The predicted molar refractivity (Wildman–Crippen MR) is 81.5 cm³/mol. The van der Waals surface area contributed by atoms with Crippen molar-refractivity contribution < 1.29 is 0 Å². The summed E-state index contributed by atoms with van der Waals surface area (Å²) < 4.78 is 1.17. The second-order valence-electron chi connectivity index (χ2n) is 4.27. The molecular formula is C14H15ClN4O. The summed E-state index contributed by atoms with van der Waals surface area (Å²) in [6, 6.07) is 8.06. The largest absolute Gasteiger partial charge is 0.287 e. The van der Waals surface area contributed by atoms with Crippen LogP contribution in [0.25, 0.3) is 0 Å². The summed E-state index contributed by atoms with van der Waals surface area (Å²) in [4.78, 5) is 11.6. The van der Waals surface area contributed by atoms with Gasteiger partial charge in [0, 0.05) is 7.05 Å². The highest BCUT2D eigenvalue weighted by molar-refractivity contribution is 6.32. The van der Waals surface area contributed by atoms with Crippen LogP contribution in [0.1, 0.15) is 18.1 Å². The Bertz CT molecular complexity index is 677. The summed E-state index contributed by atoms with van der Waals surface area (Å²) in [5, 5.41) is 7.99. The van der Waals surface area contributed by atoms with Crippen molar-refractivity contribution in [3.8, 4) is 0 Å². The predicted octanol–water partition coefficient (Wildman–Crippen LogP) is 2.44. The molecule has 0 radical (unpaired) electrons. The summed E-state index contributed by atoms with van der Waals surface area (Å²) >= 11 is 5.91. The average Bonchev–Trinajstić information content (AvgIpc) is 2.48. The minimum absolute atomic E-state index is 0.0704. The van der Waals surface area contributed by atoms with Crippen LogP contribution in [-0.2, 0) is 13.5 Å². The minimum atomic E-state index is -0.362. The molecule has 0 aliphatic carbocycles. The van der Waals surface area contributed by atoms with E-state index in [1.807, 2.05) is 24.3 Å². The number of hydrazone groups is 1. The average molecular weight is 291 g/mol. The number of benzene rings is 1. The Hall–Kier alpha value is -2.14. The van der Waals surface area contributed by atoms with Crippen molar-refractivity contribution in [2.24, 2.45) is 12.1 Å². The molecule has 0 aliphatic heterocycles. The number of anilines is 1. The van der Waals surface area contributed by atoms with Crippen LogP contribution < -0.4 is 11.0 Å².